The van der Waals surface area contributed by atoms with Crippen molar-refractivity contribution in [1.82, 2.24) is 10.2 Å². The number of halogens is 1. The predicted molar refractivity (Wildman–Crippen MR) is 103 cm³/mol. The highest BCUT2D eigenvalue weighted by Crippen LogP contribution is 2.34. The average molecular weight is 453 g/mol. The van der Waals surface area contributed by atoms with Gasteiger partial charge in [-0.3, -0.25) is 10.0 Å². The minimum absolute atomic E-state index is 0.0395. The van der Waals surface area contributed by atoms with E-state index in [-0.39, 0.29) is 4.90 Å². The molecule has 7 nitrogen and oxygen atoms in total. The van der Waals surface area contributed by atoms with Gasteiger partial charge in [0, 0.05) is 15.2 Å². The first-order chi connectivity index (χ1) is 12.8. The van der Waals surface area contributed by atoms with E-state index in [1.54, 1.807) is 11.5 Å². The smallest absolute Gasteiger partial charge is 0.264 e. The number of nitrogens with one attached hydrogen (secondary N) is 2. The van der Waals surface area contributed by atoms with Crippen molar-refractivity contribution < 1.29 is 22.8 Å². The molecule has 3 N–H and O–H groups in total. The van der Waals surface area contributed by atoms with Crippen LogP contribution in [-0.2, 0) is 14.8 Å². The number of furan rings is 1. The molecule has 27 heavy (non-hydrogen) atoms. The molecule has 1 saturated carbocycles. The third-order valence-corrected chi connectivity index (χ3v) is 7.07. The first kappa shape index (κ1) is 18.4. The standard InChI is InChI=1S/C18H17BrN2O5S/c19-11-3-5-13-14-10-12(4-6-15(14)26-16(13)9-11)27(24,25)21-18(17(22)20-23)7-1-2-8-18/h3-6,9-10,21,23H,1-2,7-8H2,(H,20,22). The van der Waals surface area contributed by atoms with E-state index >= 15 is 0 Å². The first-order valence-electron chi connectivity index (χ1n) is 8.45. The van der Waals surface area contributed by atoms with E-state index < -0.39 is 21.5 Å². The number of amides is 1. The summed E-state index contributed by atoms with van der Waals surface area (Å²) >= 11 is 3.39. The number of hydroxylamine groups is 1. The van der Waals surface area contributed by atoms with Gasteiger partial charge in [-0.15, -0.1) is 0 Å². The topological polar surface area (TPSA) is 109 Å². The second-order valence-corrected chi connectivity index (χ2v) is 9.33. The molecule has 0 unspecified atom stereocenters. The molecule has 0 bridgehead atoms. The summed E-state index contributed by atoms with van der Waals surface area (Å²) in [6.45, 7) is 0. The van der Waals surface area contributed by atoms with E-state index in [1.807, 2.05) is 18.2 Å². The predicted octanol–water partition coefficient (Wildman–Crippen LogP) is 3.45. The minimum atomic E-state index is -3.98. The lowest BCUT2D eigenvalue weighted by Gasteiger charge is -2.27. The van der Waals surface area contributed by atoms with Crippen LogP contribution in [0.15, 0.2) is 50.2 Å². The maximum absolute atomic E-state index is 13.0. The van der Waals surface area contributed by atoms with Crippen molar-refractivity contribution in [1.29, 1.82) is 0 Å². The van der Waals surface area contributed by atoms with Crippen LogP contribution < -0.4 is 10.2 Å². The normalized spacial score (nSPS) is 16.8. The molecule has 1 heterocycles. The summed E-state index contributed by atoms with van der Waals surface area (Å²) in [7, 11) is -3.98. The average Bonchev–Trinajstić information content (AvgIpc) is 3.24. The van der Waals surface area contributed by atoms with Gasteiger partial charge in [-0.2, -0.15) is 4.72 Å². The first-order valence-corrected chi connectivity index (χ1v) is 10.7. The van der Waals surface area contributed by atoms with Crippen LogP contribution in [0.3, 0.4) is 0 Å². The Hall–Kier alpha value is -1.94. The molecule has 3 aromatic rings. The van der Waals surface area contributed by atoms with E-state index in [4.69, 9.17) is 9.62 Å². The highest BCUT2D eigenvalue weighted by molar-refractivity contribution is 9.10. The molecule has 142 valence electrons. The lowest BCUT2D eigenvalue weighted by atomic mass is 9.99. The van der Waals surface area contributed by atoms with Crippen molar-refractivity contribution >= 4 is 53.8 Å². The minimum Gasteiger partial charge on any atom is -0.456 e. The fraction of sp³-hybridized carbons (Fsp3) is 0.278. The molecule has 0 spiro atoms. The largest absolute Gasteiger partial charge is 0.456 e. The number of hydrogen-bond donors (Lipinski definition) is 3. The van der Waals surface area contributed by atoms with Crippen molar-refractivity contribution in [3.05, 3.63) is 40.9 Å². The Morgan fingerprint density at radius 2 is 1.81 bits per heavy atom. The Bertz CT molecular complexity index is 1150. The number of carbonyl (C=O) groups is 1. The van der Waals surface area contributed by atoms with Crippen molar-refractivity contribution in [2.24, 2.45) is 0 Å². The highest BCUT2D eigenvalue weighted by Gasteiger charge is 2.44. The molecule has 2 aromatic carbocycles. The zero-order chi connectivity index (χ0) is 19.2. The van der Waals surface area contributed by atoms with Crippen LogP contribution in [0, 0.1) is 0 Å². The van der Waals surface area contributed by atoms with E-state index in [9.17, 15) is 13.2 Å². The molecule has 4 rings (SSSR count). The third kappa shape index (κ3) is 3.14. The van der Waals surface area contributed by atoms with Gasteiger partial charge in [0.15, 0.2) is 0 Å². The van der Waals surface area contributed by atoms with Crippen LogP contribution in [0.2, 0.25) is 0 Å². The van der Waals surface area contributed by atoms with Crippen LogP contribution in [-0.4, -0.2) is 25.1 Å². The van der Waals surface area contributed by atoms with Crippen molar-refractivity contribution in [2.45, 2.75) is 36.1 Å². The molecule has 0 saturated heterocycles. The summed E-state index contributed by atoms with van der Waals surface area (Å²) in [4.78, 5) is 12.2. The summed E-state index contributed by atoms with van der Waals surface area (Å²) in [5.74, 6) is -0.733. The summed E-state index contributed by atoms with van der Waals surface area (Å²) in [5, 5.41) is 10.5. The maximum Gasteiger partial charge on any atom is 0.264 e. The Labute approximate surface area is 163 Å². The Morgan fingerprint density at radius 1 is 1.07 bits per heavy atom. The number of fused-ring (bicyclic) bond motifs is 3. The van der Waals surface area contributed by atoms with Gasteiger partial charge in [0.1, 0.15) is 16.7 Å². The maximum atomic E-state index is 13.0. The number of sulfonamides is 1. The second-order valence-electron chi connectivity index (χ2n) is 6.74. The molecule has 0 aliphatic heterocycles. The summed E-state index contributed by atoms with van der Waals surface area (Å²) in [6, 6.07) is 10.1. The Balaban J connectivity index is 1.78. The molecule has 1 aromatic heterocycles. The zero-order valence-electron chi connectivity index (χ0n) is 14.2. The van der Waals surface area contributed by atoms with Gasteiger partial charge in [0.2, 0.25) is 10.0 Å². The molecule has 9 heteroatoms. The van der Waals surface area contributed by atoms with Crippen molar-refractivity contribution in [2.75, 3.05) is 0 Å². The summed E-state index contributed by atoms with van der Waals surface area (Å²) < 4.78 is 35.1. The molecular formula is C18H17BrN2O5S. The van der Waals surface area contributed by atoms with Gasteiger partial charge in [0.25, 0.3) is 5.91 Å². The van der Waals surface area contributed by atoms with Gasteiger partial charge in [-0.1, -0.05) is 28.8 Å². The number of hydrogen-bond acceptors (Lipinski definition) is 5. The molecule has 1 aliphatic carbocycles. The van der Waals surface area contributed by atoms with Gasteiger partial charge in [-0.25, -0.2) is 13.9 Å². The lowest BCUT2D eigenvalue weighted by molar-refractivity contribution is -0.135. The van der Waals surface area contributed by atoms with Gasteiger partial charge in [0.05, 0.1) is 4.90 Å². The second kappa shape index (κ2) is 6.59. The van der Waals surface area contributed by atoms with Gasteiger partial charge < -0.3 is 4.42 Å². The fourth-order valence-electron chi connectivity index (χ4n) is 3.67. The van der Waals surface area contributed by atoms with E-state index in [0.29, 0.717) is 42.2 Å². The van der Waals surface area contributed by atoms with Gasteiger partial charge >= 0.3 is 0 Å². The Kier molecular flexibility index (Phi) is 4.50. The third-order valence-electron chi connectivity index (χ3n) is 5.04. The zero-order valence-corrected chi connectivity index (χ0v) is 16.6. The van der Waals surface area contributed by atoms with Crippen LogP contribution in [0.5, 0.6) is 0 Å². The molecule has 1 fully saturated rings. The fourth-order valence-corrected chi connectivity index (χ4v) is 5.46. The molecule has 0 atom stereocenters. The number of carbonyl (C=O) groups excluding carboxylic acids is 1. The lowest BCUT2D eigenvalue weighted by Crippen LogP contribution is -2.56. The molecule has 0 radical (unpaired) electrons. The van der Waals surface area contributed by atoms with Crippen molar-refractivity contribution in [3.63, 3.8) is 0 Å². The SMILES string of the molecule is O=C(NO)C1(NS(=O)(=O)c2ccc3oc4cc(Br)ccc4c3c2)CCCC1. The Morgan fingerprint density at radius 3 is 2.52 bits per heavy atom. The number of rotatable bonds is 4. The summed E-state index contributed by atoms with van der Waals surface area (Å²) in [6.07, 6.45) is 2.08. The van der Waals surface area contributed by atoms with E-state index in [0.717, 1.165) is 9.86 Å². The molecular weight excluding hydrogens is 436 g/mol. The van der Waals surface area contributed by atoms with Crippen molar-refractivity contribution in [3.8, 4) is 0 Å². The quantitative estimate of drug-likeness (QED) is 0.414. The van der Waals surface area contributed by atoms with Crippen LogP contribution >= 0.6 is 15.9 Å². The summed E-state index contributed by atoms with van der Waals surface area (Å²) in [5.41, 5.74) is 1.49. The monoisotopic (exact) mass is 452 g/mol. The van der Waals surface area contributed by atoms with E-state index in [2.05, 4.69) is 20.7 Å². The van der Waals surface area contributed by atoms with Crippen LogP contribution in [0.1, 0.15) is 25.7 Å². The molecule has 1 aliphatic rings. The van der Waals surface area contributed by atoms with Gasteiger partial charge in [-0.05, 0) is 49.2 Å². The number of benzene rings is 2. The molecule has 1 amide bonds. The van der Waals surface area contributed by atoms with E-state index in [1.165, 1.54) is 12.1 Å². The van der Waals surface area contributed by atoms with Crippen LogP contribution in [0.4, 0.5) is 0 Å². The van der Waals surface area contributed by atoms with Crippen LogP contribution in [0.25, 0.3) is 21.9 Å². The highest BCUT2D eigenvalue weighted by atomic mass is 79.9.